The van der Waals surface area contributed by atoms with Gasteiger partial charge in [-0.15, -0.1) is 0 Å². The zero-order chi connectivity index (χ0) is 23.8. The number of aromatic nitrogens is 1. The SMILES string of the molecule is CN(C)C(=O)c1ccc(NS(=O)(=O)c2ccc3c(c2)sc(=O)n3Cc2ccc(Cl)cc2)cc1. The van der Waals surface area contributed by atoms with Gasteiger partial charge in [-0.05, 0) is 60.2 Å². The number of hydrogen-bond donors (Lipinski definition) is 1. The van der Waals surface area contributed by atoms with Crippen LogP contribution in [0, 0.1) is 0 Å². The van der Waals surface area contributed by atoms with Gasteiger partial charge in [0.25, 0.3) is 15.9 Å². The van der Waals surface area contributed by atoms with Crippen molar-refractivity contribution in [2.24, 2.45) is 0 Å². The Morgan fingerprint density at radius 1 is 1.03 bits per heavy atom. The molecule has 4 aromatic rings. The lowest BCUT2D eigenvalue weighted by Crippen LogP contribution is -2.21. The van der Waals surface area contributed by atoms with E-state index in [0.29, 0.717) is 33.0 Å². The molecule has 4 rings (SSSR count). The van der Waals surface area contributed by atoms with Crippen LogP contribution in [0.1, 0.15) is 15.9 Å². The topological polar surface area (TPSA) is 88.5 Å². The molecule has 0 aliphatic carbocycles. The summed E-state index contributed by atoms with van der Waals surface area (Å²) in [7, 11) is -0.596. The molecule has 0 fully saturated rings. The normalized spacial score (nSPS) is 11.5. The fourth-order valence-corrected chi connectivity index (χ4v) is 5.50. The number of thiazole rings is 1. The molecule has 0 spiro atoms. The number of carbonyl (C=O) groups excluding carboxylic acids is 1. The molecule has 170 valence electrons. The maximum atomic E-state index is 12.9. The van der Waals surface area contributed by atoms with Crippen LogP contribution in [0.5, 0.6) is 0 Å². The van der Waals surface area contributed by atoms with Crippen LogP contribution >= 0.6 is 22.9 Å². The first-order chi connectivity index (χ1) is 15.6. The fourth-order valence-electron chi connectivity index (χ4n) is 3.29. The van der Waals surface area contributed by atoms with Gasteiger partial charge >= 0.3 is 4.87 Å². The van der Waals surface area contributed by atoms with Crippen LogP contribution in [0.25, 0.3) is 10.2 Å². The van der Waals surface area contributed by atoms with Gasteiger partial charge in [0.05, 0.1) is 21.7 Å². The van der Waals surface area contributed by atoms with Crippen molar-refractivity contribution < 1.29 is 13.2 Å². The highest BCUT2D eigenvalue weighted by Crippen LogP contribution is 2.24. The molecule has 33 heavy (non-hydrogen) atoms. The monoisotopic (exact) mass is 501 g/mol. The third-order valence-corrected chi connectivity index (χ3v) is 7.57. The van der Waals surface area contributed by atoms with Crippen LogP contribution < -0.4 is 9.60 Å². The Balaban J connectivity index is 1.59. The van der Waals surface area contributed by atoms with E-state index in [-0.39, 0.29) is 15.7 Å². The van der Waals surface area contributed by atoms with Gasteiger partial charge in [0.15, 0.2) is 0 Å². The molecule has 0 radical (unpaired) electrons. The first-order valence-corrected chi connectivity index (χ1v) is 12.5. The Hall–Kier alpha value is -3.14. The van der Waals surface area contributed by atoms with Crippen LogP contribution in [0.3, 0.4) is 0 Å². The summed E-state index contributed by atoms with van der Waals surface area (Å²) < 4.78 is 30.5. The predicted octanol–water partition coefficient (Wildman–Crippen LogP) is 4.27. The lowest BCUT2D eigenvalue weighted by molar-refractivity contribution is 0.0827. The van der Waals surface area contributed by atoms with Crippen molar-refractivity contribution in [1.82, 2.24) is 9.47 Å². The minimum absolute atomic E-state index is 0.0448. The number of fused-ring (bicyclic) bond motifs is 1. The van der Waals surface area contributed by atoms with E-state index < -0.39 is 10.0 Å². The van der Waals surface area contributed by atoms with Gasteiger partial charge in [0.1, 0.15) is 0 Å². The first-order valence-electron chi connectivity index (χ1n) is 9.86. The number of halogens is 1. The van der Waals surface area contributed by atoms with Crippen LogP contribution in [-0.4, -0.2) is 37.9 Å². The van der Waals surface area contributed by atoms with E-state index in [9.17, 15) is 18.0 Å². The number of benzene rings is 3. The van der Waals surface area contributed by atoms with Crippen LogP contribution in [0.15, 0.2) is 76.4 Å². The average Bonchev–Trinajstić information content (AvgIpc) is 3.09. The van der Waals surface area contributed by atoms with Gasteiger partial charge in [-0.2, -0.15) is 0 Å². The van der Waals surface area contributed by atoms with Crippen molar-refractivity contribution in [2.75, 3.05) is 18.8 Å². The average molecular weight is 502 g/mol. The summed E-state index contributed by atoms with van der Waals surface area (Å²) in [6.07, 6.45) is 0. The summed E-state index contributed by atoms with van der Waals surface area (Å²) >= 11 is 6.92. The predicted molar refractivity (Wildman–Crippen MR) is 132 cm³/mol. The maximum Gasteiger partial charge on any atom is 0.308 e. The second-order valence-electron chi connectivity index (χ2n) is 7.59. The van der Waals surface area contributed by atoms with E-state index in [1.807, 2.05) is 12.1 Å². The quantitative estimate of drug-likeness (QED) is 0.427. The molecule has 7 nitrogen and oxygen atoms in total. The van der Waals surface area contributed by atoms with Crippen molar-refractivity contribution in [3.05, 3.63) is 92.5 Å². The summed E-state index contributed by atoms with van der Waals surface area (Å²) in [5.74, 6) is -0.173. The molecular weight excluding hydrogens is 482 g/mol. The minimum Gasteiger partial charge on any atom is -0.345 e. The highest BCUT2D eigenvalue weighted by atomic mass is 35.5. The number of carbonyl (C=O) groups is 1. The van der Waals surface area contributed by atoms with E-state index in [2.05, 4.69) is 4.72 Å². The summed E-state index contributed by atoms with van der Waals surface area (Å²) in [5.41, 5.74) is 2.36. The maximum absolute atomic E-state index is 12.9. The van der Waals surface area contributed by atoms with Crippen LogP contribution in [0.2, 0.25) is 5.02 Å². The molecule has 3 aromatic carbocycles. The Kier molecular flexibility index (Phi) is 6.29. The molecule has 1 aromatic heterocycles. The zero-order valence-corrected chi connectivity index (χ0v) is 20.2. The van der Waals surface area contributed by atoms with Crippen molar-refractivity contribution in [1.29, 1.82) is 0 Å². The smallest absolute Gasteiger partial charge is 0.308 e. The Labute approximate surface area is 199 Å². The number of sulfonamides is 1. The summed E-state index contributed by atoms with van der Waals surface area (Å²) in [4.78, 5) is 25.9. The summed E-state index contributed by atoms with van der Waals surface area (Å²) in [6, 6.07) is 18.0. The van der Waals surface area contributed by atoms with Crippen molar-refractivity contribution in [3.8, 4) is 0 Å². The van der Waals surface area contributed by atoms with E-state index in [1.54, 1.807) is 49.0 Å². The molecular formula is C23H20ClN3O4S2. The summed E-state index contributed by atoms with van der Waals surface area (Å²) in [6.45, 7) is 0.359. The molecule has 0 aliphatic heterocycles. The Morgan fingerprint density at radius 3 is 2.33 bits per heavy atom. The van der Waals surface area contributed by atoms with Gasteiger partial charge in [-0.25, -0.2) is 8.42 Å². The van der Waals surface area contributed by atoms with Gasteiger partial charge < -0.3 is 4.90 Å². The number of rotatable bonds is 6. The summed E-state index contributed by atoms with van der Waals surface area (Å²) in [5, 5.41) is 0.613. The first kappa shape index (κ1) is 23.0. The minimum atomic E-state index is -3.89. The molecule has 1 N–H and O–H groups in total. The van der Waals surface area contributed by atoms with Crippen LogP contribution in [-0.2, 0) is 16.6 Å². The number of nitrogens with one attached hydrogen (secondary N) is 1. The van der Waals surface area contributed by atoms with Gasteiger partial charge in [0, 0.05) is 30.4 Å². The van der Waals surface area contributed by atoms with E-state index in [1.165, 1.54) is 29.2 Å². The molecule has 1 amide bonds. The van der Waals surface area contributed by atoms with Gasteiger partial charge in [0.2, 0.25) is 0 Å². The lowest BCUT2D eigenvalue weighted by atomic mass is 10.2. The second kappa shape index (κ2) is 9.01. The van der Waals surface area contributed by atoms with Gasteiger partial charge in [-0.3, -0.25) is 18.9 Å². The standard InChI is InChI=1S/C23H20ClN3O4S2/c1-26(2)22(28)16-5-9-18(10-6-16)25-33(30,31)19-11-12-20-21(13-19)32-23(29)27(20)14-15-3-7-17(24)8-4-15/h3-13,25H,14H2,1-2H3. The number of amides is 1. The third-order valence-electron chi connectivity index (χ3n) is 4.99. The molecule has 0 saturated heterocycles. The molecule has 0 unspecified atom stereocenters. The van der Waals surface area contributed by atoms with E-state index >= 15 is 0 Å². The van der Waals surface area contributed by atoms with Crippen molar-refractivity contribution in [2.45, 2.75) is 11.4 Å². The molecule has 1 heterocycles. The highest BCUT2D eigenvalue weighted by molar-refractivity contribution is 7.92. The zero-order valence-electron chi connectivity index (χ0n) is 17.8. The molecule has 0 bridgehead atoms. The molecule has 0 saturated carbocycles. The molecule has 0 aliphatic rings. The largest absolute Gasteiger partial charge is 0.345 e. The number of hydrogen-bond acceptors (Lipinski definition) is 5. The van der Waals surface area contributed by atoms with Crippen molar-refractivity contribution >= 4 is 54.8 Å². The van der Waals surface area contributed by atoms with E-state index in [4.69, 9.17) is 11.6 Å². The van der Waals surface area contributed by atoms with E-state index in [0.717, 1.165) is 16.9 Å². The lowest BCUT2D eigenvalue weighted by Gasteiger charge is -2.12. The van der Waals surface area contributed by atoms with Gasteiger partial charge in [-0.1, -0.05) is 35.1 Å². The van der Waals surface area contributed by atoms with Crippen LogP contribution in [0.4, 0.5) is 5.69 Å². The highest BCUT2D eigenvalue weighted by Gasteiger charge is 2.18. The number of anilines is 1. The second-order valence-corrected chi connectivity index (χ2v) is 10.7. The number of nitrogens with zero attached hydrogens (tertiary/aromatic N) is 2. The van der Waals surface area contributed by atoms with Crippen molar-refractivity contribution in [3.63, 3.8) is 0 Å². The fraction of sp³-hybridized carbons (Fsp3) is 0.130. The molecule has 0 atom stereocenters. The Bertz CT molecular complexity index is 1490. The molecule has 10 heteroatoms. The Morgan fingerprint density at radius 2 is 1.70 bits per heavy atom. The third kappa shape index (κ3) is 4.95.